The molecule has 3 fully saturated rings. The van der Waals surface area contributed by atoms with Gasteiger partial charge >= 0.3 is 0 Å². The number of aryl methyl sites for hydroxylation is 1. The second kappa shape index (κ2) is 15.0. The molecule has 10 nitrogen and oxygen atoms in total. The second-order valence-electron chi connectivity index (χ2n) is 15.8. The van der Waals surface area contributed by atoms with Gasteiger partial charge in [0.1, 0.15) is 11.8 Å². The van der Waals surface area contributed by atoms with E-state index in [1.807, 2.05) is 42.7 Å². The van der Waals surface area contributed by atoms with Gasteiger partial charge in [-0.2, -0.15) is 0 Å². The third-order valence-electron chi connectivity index (χ3n) is 12.4. The van der Waals surface area contributed by atoms with Crippen molar-refractivity contribution in [1.82, 2.24) is 20.1 Å². The zero-order valence-corrected chi connectivity index (χ0v) is 31.3. The van der Waals surface area contributed by atoms with Gasteiger partial charge in [-0.3, -0.25) is 29.6 Å². The van der Waals surface area contributed by atoms with Crippen LogP contribution in [-0.4, -0.2) is 89.5 Å². The highest BCUT2D eigenvalue weighted by molar-refractivity contribution is 6.05. The van der Waals surface area contributed by atoms with Crippen LogP contribution in [0, 0.1) is 5.92 Å². The van der Waals surface area contributed by atoms with E-state index in [1.165, 1.54) is 46.4 Å². The number of piperidine rings is 2. The molecule has 0 unspecified atom stereocenters. The summed E-state index contributed by atoms with van der Waals surface area (Å²) in [5, 5.41) is 12.7. The van der Waals surface area contributed by atoms with Gasteiger partial charge in [0.25, 0.3) is 5.91 Å². The summed E-state index contributed by atoms with van der Waals surface area (Å²) in [4.78, 5) is 50.9. The standard InChI is InChI=1S/C45H48N6O4/c52-37-11-13-39-32(26-37)3-1-5-38(33-4-2-18-46-27-33)43(39)31-6-8-35(9-7-31)49-19-16-30(17-20-49)28-48-21-23-50(24-22-48)36-10-12-40-34(25-36)29-51(45(40)55)41-14-15-42(53)47-44(41)54/h2,4,6-13,18,25-27,30,41,52H,1,3,5,14-17,19-24,28-29H2,(H,47,53,54)/t41-/m0/s1. The number of pyridine rings is 1. The molecule has 282 valence electrons. The van der Waals surface area contributed by atoms with E-state index >= 15 is 0 Å². The summed E-state index contributed by atoms with van der Waals surface area (Å²) in [5.74, 6) is 0.233. The number of phenolic OH excluding ortho intramolecular Hbond substituents is 1. The number of benzene rings is 3. The minimum absolute atomic E-state index is 0.125. The van der Waals surface area contributed by atoms with Crippen LogP contribution in [0.1, 0.15) is 76.7 Å². The molecular weight excluding hydrogens is 689 g/mol. The van der Waals surface area contributed by atoms with Crippen molar-refractivity contribution in [3.63, 3.8) is 0 Å². The lowest BCUT2D eigenvalue weighted by Gasteiger charge is -2.40. The fraction of sp³-hybridized carbons (Fsp3) is 0.378. The average molecular weight is 737 g/mol. The van der Waals surface area contributed by atoms with Crippen LogP contribution < -0.4 is 15.1 Å². The predicted octanol–water partition coefficient (Wildman–Crippen LogP) is 5.88. The van der Waals surface area contributed by atoms with E-state index in [-0.39, 0.29) is 24.1 Å². The molecule has 9 rings (SSSR count). The maximum absolute atomic E-state index is 13.2. The summed E-state index contributed by atoms with van der Waals surface area (Å²) in [6.07, 6.45) is 9.72. The van der Waals surface area contributed by atoms with Gasteiger partial charge in [0.15, 0.2) is 0 Å². The Hall–Kier alpha value is -5.48. The molecule has 5 aliphatic rings. The van der Waals surface area contributed by atoms with Crippen LogP contribution in [0.5, 0.6) is 5.75 Å². The van der Waals surface area contributed by atoms with Gasteiger partial charge in [-0.25, -0.2) is 0 Å². The maximum atomic E-state index is 13.2. The van der Waals surface area contributed by atoms with Crippen LogP contribution in [0.4, 0.5) is 11.4 Å². The molecule has 0 bridgehead atoms. The summed E-state index contributed by atoms with van der Waals surface area (Å²) in [6.45, 7) is 7.56. The van der Waals surface area contributed by atoms with Crippen molar-refractivity contribution in [2.45, 2.75) is 57.5 Å². The highest BCUT2D eigenvalue weighted by atomic mass is 16.3. The first kappa shape index (κ1) is 35.2. The number of anilines is 2. The average Bonchev–Trinajstić information content (AvgIpc) is 3.41. The number of amides is 3. The van der Waals surface area contributed by atoms with Gasteiger partial charge in [-0.15, -0.1) is 0 Å². The summed E-state index contributed by atoms with van der Waals surface area (Å²) in [7, 11) is 0. The first-order valence-electron chi connectivity index (χ1n) is 19.9. The number of hydrogen-bond donors (Lipinski definition) is 2. The van der Waals surface area contributed by atoms with E-state index < -0.39 is 6.04 Å². The SMILES string of the molecule is O=C1CC[C@H](N2Cc3cc(N4CCN(CC5CCN(c6ccc(C7=C(c8cccnc8)CCCc8cc(O)ccc87)cc6)CC5)CC4)ccc3C2=O)C(=O)N1. The largest absolute Gasteiger partial charge is 0.508 e. The number of nitrogens with zero attached hydrogens (tertiary/aromatic N) is 5. The molecule has 0 radical (unpaired) electrons. The molecule has 1 aromatic heterocycles. The van der Waals surface area contributed by atoms with Crippen LogP contribution >= 0.6 is 0 Å². The fourth-order valence-electron chi connectivity index (χ4n) is 9.46. The van der Waals surface area contributed by atoms with Crippen LogP contribution in [0.25, 0.3) is 11.1 Å². The van der Waals surface area contributed by atoms with Gasteiger partial charge in [-0.1, -0.05) is 24.3 Å². The van der Waals surface area contributed by atoms with Crippen molar-refractivity contribution in [3.8, 4) is 5.75 Å². The maximum Gasteiger partial charge on any atom is 0.255 e. The lowest BCUT2D eigenvalue weighted by Crippen LogP contribution is -2.52. The molecular formula is C45H48N6O4. The third-order valence-corrected chi connectivity index (χ3v) is 12.4. The first-order chi connectivity index (χ1) is 26.9. The lowest BCUT2D eigenvalue weighted by atomic mass is 9.88. The summed E-state index contributed by atoms with van der Waals surface area (Å²) in [6, 6.07) is 24.6. The summed E-state index contributed by atoms with van der Waals surface area (Å²) < 4.78 is 0. The number of aromatic hydroxyl groups is 1. The van der Waals surface area contributed by atoms with E-state index in [9.17, 15) is 19.5 Å². The van der Waals surface area contributed by atoms with Gasteiger partial charge in [0.2, 0.25) is 11.8 Å². The van der Waals surface area contributed by atoms with E-state index in [1.54, 1.807) is 4.90 Å². The summed E-state index contributed by atoms with van der Waals surface area (Å²) >= 11 is 0. The number of fused-ring (bicyclic) bond motifs is 2. The van der Waals surface area contributed by atoms with Crippen molar-refractivity contribution < 1.29 is 19.5 Å². The number of aromatic nitrogens is 1. The first-order valence-corrected chi connectivity index (χ1v) is 19.9. The molecule has 1 atom stereocenters. The van der Waals surface area contributed by atoms with E-state index in [4.69, 9.17) is 0 Å². The Morgan fingerprint density at radius 3 is 2.25 bits per heavy atom. The zero-order valence-electron chi connectivity index (χ0n) is 31.3. The van der Waals surface area contributed by atoms with Crippen molar-refractivity contribution in [2.75, 3.05) is 55.6 Å². The number of carbonyl (C=O) groups is 3. The second-order valence-corrected chi connectivity index (χ2v) is 15.8. The lowest BCUT2D eigenvalue weighted by molar-refractivity contribution is -0.136. The molecule has 0 spiro atoms. The highest BCUT2D eigenvalue weighted by Crippen LogP contribution is 2.41. The van der Waals surface area contributed by atoms with Crippen LogP contribution in [-0.2, 0) is 22.6 Å². The predicted molar refractivity (Wildman–Crippen MR) is 214 cm³/mol. The number of piperazine rings is 1. The fourth-order valence-corrected chi connectivity index (χ4v) is 9.46. The quantitative estimate of drug-likeness (QED) is 0.227. The Bertz CT molecular complexity index is 2130. The van der Waals surface area contributed by atoms with Gasteiger partial charge in [0.05, 0.1) is 0 Å². The summed E-state index contributed by atoms with van der Waals surface area (Å²) in [5.41, 5.74) is 11.3. The smallest absolute Gasteiger partial charge is 0.255 e. The molecule has 4 aliphatic heterocycles. The van der Waals surface area contributed by atoms with Gasteiger partial charge in [0, 0.05) is 88.1 Å². The monoisotopic (exact) mass is 736 g/mol. The normalized spacial score (nSPS) is 21.1. The molecule has 0 saturated carbocycles. The van der Waals surface area contributed by atoms with Crippen LogP contribution in [0.3, 0.4) is 0 Å². The van der Waals surface area contributed by atoms with E-state index in [0.717, 1.165) is 81.9 Å². The molecule has 55 heavy (non-hydrogen) atoms. The number of rotatable bonds is 7. The molecule has 5 heterocycles. The Morgan fingerprint density at radius 1 is 0.727 bits per heavy atom. The van der Waals surface area contributed by atoms with Gasteiger partial charge in [-0.05, 0) is 132 Å². The molecule has 3 saturated heterocycles. The minimum Gasteiger partial charge on any atom is -0.508 e. The number of phenols is 1. The topological polar surface area (TPSA) is 109 Å². The Kier molecular flexibility index (Phi) is 9.60. The third kappa shape index (κ3) is 7.11. The van der Waals surface area contributed by atoms with Crippen molar-refractivity contribution in [1.29, 1.82) is 0 Å². The van der Waals surface area contributed by atoms with E-state index in [2.05, 4.69) is 67.5 Å². The number of hydrogen-bond acceptors (Lipinski definition) is 8. The molecule has 3 aromatic carbocycles. The Morgan fingerprint density at radius 2 is 1.49 bits per heavy atom. The van der Waals surface area contributed by atoms with Crippen molar-refractivity contribution >= 4 is 40.2 Å². The highest BCUT2D eigenvalue weighted by Gasteiger charge is 2.39. The van der Waals surface area contributed by atoms with Crippen molar-refractivity contribution in [3.05, 3.63) is 119 Å². The Balaban J connectivity index is 0.798. The number of imide groups is 1. The van der Waals surface area contributed by atoms with Crippen molar-refractivity contribution in [2.24, 2.45) is 5.92 Å². The molecule has 1 aliphatic carbocycles. The molecule has 3 amide bonds. The zero-order chi connectivity index (χ0) is 37.5. The van der Waals surface area contributed by atoms with Gasteiger partial charge < -0.3 is 19.8 Å². The number of allylic oxidation sites excluding steroid dienone is 1. The molecule has 10 heteroatoms. The molecule has 4 aromatic rings. The van der Waals surface area contributed by atoms with E-state index in [0.29, 0.717) is 30.2 Å². The van der Waals surface area contributed by atoms with Crippen LogP contribution in [0.2, 0.25) is 0 Å². The Labute approximate surface area is 322 Å². The molecule has 2 N–H and O–H groups in total. The number of nitrogens with one attached hydrogen (secondary N) is 1. The minimum atomic E-state index is -0.589. The number of carbonyl (C=O) groups excluding carboxylic acids is 3. The van der Waals surface area contributed by atoms with Crippen LogP contribution in [0.15, 0.2) is 85.2 Å².